The van der Waals surface area contributed by atoms with Crippen LogP contribution in [-0.4, -0.2) is 5.78 Å². The molecule has 3 aromatic carbocycles. The van der Waals surface area contributed by atoms with Gasteiger partial charge in [-0.15, -0.1) is 0 Å². The van der Waals surface area contributed by atoms with Crippen molar-refractivity contribution in [2.45, 2.75) is 39.0 Å². The van der Waals surface area contributed by atoms with E-state index in [1.807, 2.05) is 42.5 Å². The van der Waals surface area contributed by atoms with Crippen molar-refractivity contribution in [1.82, 2.24) is 0 Å². The number of aryl methyl sites for hydroxylation is 1. The highest BCUT2D eigenvalue weighted by Crippen LogP contribution is 2.21. The van der Waals surface area contributed by atoms with Gasteiger partial charge in [-0.05, 0) is 41.0 Å². The van der Waals surface area contributed by atoms with Gasteiger partial charge in [-0.1, -0.05) is 92.7 Å². The maximum Gasteiger partial charge on any atom is 0.163 e. The first-order chi connectivity index (χ1) is 12.7. The first-order valence-corrected chi connectivity index (χ1v) is 9.45. The molecule has 0 amide bonds. The summed E-state index contributed by atoms with van der Waals surface area (Å²) >= 11 is 0. The molecule has 132 valence electrons. The molecule has 26 heavy (non-hydrogen) atoms. The number of benzene rings is 3. The topological polar surface area (TPSA) is 17.1 Å². The molecule has 1 atom stereocenters. The van der Waals surface area contributed by atoms with E-state index in [9.17, 15) is 4.79 Å². The van der Waals surface area contributed by atoms with Gasteiger partial charge < -0.3 is 0 Å². The Labute approximate surface area is 156 Å². The molecular formula is C25H26O. The van der Waals surface area contributed by atoms with Crippen LogP contribution in [0.15, 0.2) is 78.9 Å². The molecule has 0 saturated heterocycles. The number of Topliss-reactive ketones (excluding diaryl/α,β-unsaturated/α-hetero) is 1. The minimum atomic E-state index is 0.204. The van der Waals surface area contributed by atoms with Gasteiger partial charge in [0.05, 0.1) is 0 Å². The van der Waals surface area contributed by atoms with Gasteiger partial charge in [-0.3, -0.25) is 4.79 Å². The third-order valence-electron chi connectivity index (χ3n) is 5.12. The van der Waals surface area contributed by atoms with Crippen molar-refractivity contribution in [3.8, 4) is 11.1 Å². The Morgan fingerprint density at radius 1 is 0.808 bits per heavy atom. The standard InChI is InChI=1S/C25H26O/c1-3-19(2)21-12-9-20(10-13-21)11-18-25(26)24-16-14-23(15-17-24)22-7-5-4-6-8-22/h4-10,12-17,19H,3,11,18H2,1-2H3. The number of rotatable bonds is 7. The first-order valence-electron chi connectivity index (χ1n) is 9.45. The first kappa shape index (κ1) is 18.1. The third-order valence-corrected chi connectivity index (χ3v) is 5.12. The molecule has 0 fully saturated rings. The van der Waals surface area contributed by atoms with Crippen molar-refractivity contribution in [1.29, 1.82) is 0 Å². The molecule has 3 rings (SSSR count). The minimum Gasteiger partial charge on any atom is -0.294 e. The Morgan fingerprint density at radius 3 is 2.04 bits per heavy atom. The van der Waals surface area contributed by atoms with Crippen LogP contribution in [0.2, 0.25) is 0 Å². The predicted molar refractivity (Wildman–Crippen MR) is 110 cm³/mol. The van der Waals surface area contributed by atoms with E-state index >= 15 is 0 Å². The van der Waals surface area contributed by atoms with Gasteiger partial charge in [-0.2, -0.15) is 0 Å². The van der Waals surface area contributed by atoms with Gasteiger partial charge in [-0.25, -0.2) is 0 Å². The molecule has 1 nitrogen and oxygen atoms in total. The Kier molecular flexibility index (Phi) is 6.01. The molecular weight excluding hydrogens is 316 g/mol. The van der Waals surface area contributed by atoms with Crippen molar-refractivity contribution in [2.24, 2.45) is 0 Å². The van der Waals surface area contributed by atoms with Crippen LogP contribution in [0.1, 0.15) is 54.1 Å². The second-order valence-corrected chi connectivity index (χ2v) is 6.92. The summed E-state index contributed by atoms with van der Waals surface area (Å²) in [5, 5.41) is 0. The van der Waals surface area contributed by atoms with Crippen LogP contribution in [0.4, 0.5) is 0 Å². The zero-order valence-corrected chi connectivity index (χ0v) is 15.6. The fourth-order valence-electron chi connectivity index (χ4n) is 3.13. The molecule has 0 radical (unpaired) electrons. The maximum absolute atomic E-state index is 12.5. The van der Waals surface area contributed by atoms with Gasteiger partial charge >= 0.3 is 0 Å². The highest BCUT2D eigenvalue weighted by atomic mass is 16.1. The number of hydrogen-bond acceptors (Lipinski definition) is 1. The molecule has 0 spiro atoms. The zero-order valence-electron chi connectivity index (χ0n) is 15.6. The van der Waals surface area contributed by atoms with Crippen molar-refractivity contribution in [3.63, 3.8) is 0 Å². The fraction of sp³-hybridized carbons (Fsp3) is 0.240. The summed E-state index contributed by atoms with van der Waals surface area (Å²) in [6, 6.07) is 26.9. The average Bonchev–Trinajstić information content (AvgIpc) is 2.72. The fourth-order valence-corrected chi connectivity index (χ4v) is 3.13. The summed E-state index contributed by atoms with van der Waals surface area (Å²) < 4.78 is 0. The molecule has 1 heteroatoms. The Hall–Kier alpha value is -2.67. The largest absolute Gasteiger partial charge is 0.294 e. The summed E-state index contributed by atoms with van der Waals surface area (Å²) in [6.45, 7) is 4.46. The van der Waals surface area contributed by atoms with Gasteiger partial charge in [0.15, 0.2) is 5.78 Å². The summed E-state index contributed by atoms with van der Waals surface area (Å²) in [4.78, 5) is 12.5. The van der Waals surface area contributed by atoms with Crippen LogP contribution in [0, 0.1) is 0 Å². The van der Waals surface area contributed by atoms with E-state index in [2.05, 4.69) is 50.2 Å². The van der Waals surface area contributed by atoms with Crippen molar-refractivity contribution in [3.05, 3.63) is 95.6 Å². The second-order valence-electron chi connectivity index (χ2n) is 6.92. The lowest BCUT2D eigenvalue weighted by molar-refractivity contribution is 0.0983. The van der Waals surface area contributed by atoms with Crippen LogP contribution < -0.4 is 0 Å². The number of carbonyl (C=O) groups excluding carboxylic acids is 1. The predicted octanol–water partition coefficient (Wildman–Crippen LogP) is 6.68. The Morgan fingerprint density at radius 2 is 1.42 bits per heavy atom. The van der Waals surface area contributed by atoms with Crippen molar-refractivity contribution >= 4 is 5.78 Å². The molecule has 0 heterocycles. The normalized spacial score (nSPS) is 11.9. The lowest BCUT2D eigenvalue weighted by Gasteiger charge is -2.09. The summed E-state index contributed by atoms with van der Waals surface area (Å²) in [5.41, 5.74) is 5.71. The lowest BCUT2D eigenvalue weighted by atomic mass is 9.95. The Bertz CT molecular complexity index is 830. The molecule has 1 unspecified atom stereocenters. The van der Waals surface area contributed by atoms with E-state index in [1.54, 1.807) is 0 Å². The summed E-state index contributed by atoms with van der Waals surface area (Å²) in [7, 11) is 0. The van der Waals surface area contributed by atoms with Crippen LogP contribution in [0.5, 0.6) is 0 Å². The van der Waals surface area contributed by atoms with Crippen molar-refractivity contribution < 1.29 is 4.79 Å². The van der Waals surface area contributed by atoms with Crippen LogP contribution in [0.25, 0.3) is 11.1 Å². The SMILES string of the molecule is CCC(C)c1ccc(CCC(=O)c2ccc(-c3ccccc3)cc2)cc1. The quantitative estimate of drug-likeness (QED) is 0.437. The summed E-state index contributed by atoms with van der Waals surface area (Å²) in [6.07, 6.45) is 2.49. The highest BCUT2D eigenvalue weighted by molar-refractivity contribution is 5.96. The third kappa shape index (κ3) is 4.49. The van der Waals surface area contributed by atoms with Crippen LogP contribution in [-0.2, 0) is 6.42 Å². The highest BCUT2D eigenvalue weighted by Gasteiger charge is 2.08. The lowest BCUT2D eigenvalue weighted by Crippen LogP contribution is -2.01. The minimum absolute atomic E-state index is 0.204. The monoisotopic (exact) mass is 342 g/mol. The molecule has 0 saturated carbocycles. The molecule has 0 bridgehead atoms. The van der Waals surface area contributed by atoms with Crippen molar-refractivity contribution in [2.75, 3.05) is 0 Å². The Balaban J connectivity index is 1.60. The zero-order chi connectivity index (χ0) is 18.4. The number of ketones is 1. The molecule has 0 aliphatic rings. The number of hydrogen-bond donors (Lipinski definition) is 0. The number of carbonyl (C=O) groups is 1. The van der Waals surface area contributed by atoms with Crippen LogP contribution in [0.3, 0.4) is 0 Å². The van der Waals surface area contributed by atoms with Gasteiger partial charge in [0, 0.05) is 12.0 Å². The van der Waals surface area contributed by atoms with Crippen LogP contribution >= 0.6 is 0 Å². The molecule has 0 aliphatic heterocycles. The van der Waals surface area contributed by atoms with E-state index in [-0.39, 0.29) is 5.78 Å². The van der Waals surface area contributed by atoms with Gasteiger partial charge in [0.1, 0.15) is 0 Å². The maximum atomic E-state index is 12.5. The van der Waals surface area contributed by atoms with E-state index in [1.165, 1.54) is 16.7 Å². The molecule has 0 N–H and O–H groups in total. The van der Waals surface area contributed by atoms with Gasteiger partial charge in [0.25, 0.3) is 0 Å². The summed E-state index contributed by atoms with van der Waals surface area (Å²) in [5.74, 6) is 0.796. The smallest absolute Gasteiger partial charge is 0.163 e. The molecule has 0 aromatic heterocycles. The van der Waals surface area contributed by atoms with Gasteiger partial charge in [0.2, 0.25) is 0 Å². The molecule has 3 aromatic rings. The van der Waals surface area contributed by atoms with E-state index in [4.69, 9.17) is 0 Å². The average molecular weight is 342 g/mol. The molecule has 0 aliphatic carbocycles. The van der Waals surface area contributed by atoms with E-state index < -0.39 is 0 Å². The van der Waals surface area contributed by atoms with E-state index in [0.717, 1.165) is 24.0 Å². The second kappa shape index (κ2) is 8.62. The van der Waals surface area contributed by atoms with E-state index in [0.29, 0.717) is 12.3 Å².